The molecule has 2 atom stereocenters. The van der Waals surface area contributed by atoms with Gasteiger partial charge in [0, 0.05) is 35.3 Å². The zero-order chi connectivity index (χ0) is 9.40. The second kappa shape index (κ2) is 7.33. The number of nitrogens with one attached hydrogen (secondary N) is 1. The van der Waals surface area contributed by atoms with Gasteiger partial charge in [0.05, 0.1) is 0 Å². The van der Waals surface area contributed by atoms with Crippen molar-refractivity contribution >= 4 is 10.8 Å². The van der Waals surface area contributed by atoms with Crippen molar-refractivity contribution in [3.8, 4) is 12.3 Å². The Balaban J connectivity index is 3.26. The molecule has 1 N–H and O–H groups in total. The summed E-state index contributed by atoms with van der Waals surface area (Å²) < 4.78 is 10.8. The fourth-order valence-electron chi connectivity index (χ4n) is 0.950. The second-order valence-electron chi connectivity index (χ2n) is 2.90. The predicted octanol–water partition coefficient (Wildman–Crippen LogP) is 0.756. The van der Waals surface area contributed by atoms with Crippen molar-refractivity contribution in [1.82, 2.24) is 5.32 Å². The summed E-state index contributed by atoms with van der Waals surface area (Å²) in [5.41, 5.74) is 0. The molecule has 3 heteroatoms. The molecule has 0 spiro atoms. The van der Waals surface area contributed by atoms with Gasteiger partial charge in [-0.3, -0.25) is 4.21 Å². The molecule has 2 nitrogen and oxygen atoms in total. The van der Waals surface area contributed by atoms with Crippen molar-refractivity contribution in [3.05, 3.63) is 0 Å². The number of terminal acetylenes is 1. The van der Waals surface area contributed by atoms with Crippen LogP contribution in [-0.2, 0) is 10.8 Å². The SMILES string of the molecule is C#CCCCNC(C)CS(C)=O. The van der Waals surface area contributed by atoms with Gasteiger partial charge in [-0.05, 0) is 19.9 Å². The molecule has 0 aliphatic rings. The first-order valence-corrected chi connectivity index (χ1v) is 5.86. The monoisotopic (exact) mass is 187 g/mol. The third-order valence-corrected chi connectivity index (χ3v) is 2.44. The van der Waals surface area contributed by atoms with Gasteiger partial charge in [-0.2, -0.15) is 0 Å². The van der Waals surface area contributed by atoms with Crippen molar-refractivity contribution < 1.29 is 4.21 Å². The van der Waals surface area contributed by atoms with E-state index in [-0.39, 0.29) is 0 Å². The Morgan fingerprint density at radius 1 is 1.67 bits per heavy atom. The molecular weight excluding hydrogens is 170 g/mol. The van der Waals surface area contributed by atoms with E-state index in [0.717, 1.165) is 25.1 Å². The number of rotatable bonds is 6. The Morgan fingerprint density at radius 3 is 2.83 bits per heavy atom. The highest BCUT2D eigenvalue weighted by Gasteiger charge is 2.01. The molecule has 0 amide bonds. The average Bonchev–Trinajstić information content (AvgIpc) is 1.97. The van der Waals surface area contributed by atoms with Crippen LogP contribution in [0.25, 0.3) is 0 Å². The maximum Gasteiger partial charge on any atom is 0.0383 e. The van der Waals surface area contributed by atoms with Gasteiger partial charge in [-0.1, -0.05) is 0 Å². The number of unbranched alkanes of at least 4 members (excludes halogenated alkanes) is 1. The van der Waals surface area contributed by atoms with Crippen LogP contribution in [0.3, 0.4) is 0 Å². The summed E-state index contributed by atoms with van der Waals surface area (Å²) in [6, 6.07) is 0.327. The van der Waals surface area contributed by atoms with Crippen LogP contribution < -0.4 is 5.32 Å². The van der Waals surface area contributed by atoms with Crippen LogP contribution in [0.2, 0.25) is 0 Å². The maximum absolute atomic E-state index is 10.8. The normalized spacial score (nSPS) is 15.1. The van der Waals surface area contributed by atoms with Gasteiger partial charge >= 0.3 is 0 Å². The molecular formula is C9H17NOS. The molecule has 0 rings (SSSR count). The Labute approximate surface area is 77.6 Å². The highest BCUT2D eigenvalue weighted by molar-refractivity contribution is 7.84. The van der Waals surface area contributed by atoms with Crippen LogP contribution in [0.1, 0.15) is 19.8 Å². The number of hydrogen-bond acceptors (Lipinski definition) is 2. The summed E-state index contributed by atoms with van der Waals surface area (Å²) in [5.74, 6) is 3.30. The van der Waals surface area contributed by atoms with Gasteiger partial charge < -0.3 is 5.32 Å². The largest absolute Gasteiger partial charge is 0.313 e. The van der Waals surface area contributed by atoms with E-state index < -0.39 is 10.8 Å². The third kappa shape index (κ3) is 7.77. The molecule has 70 valence electrons. The van der Waals surface area contributed by atoms with Gasteiger partial charge in [-0.25, -0.2) is 0 Å². The second-order valence-corrected chi connectivity index (χ2v) is 4.38. The zero-order valence-corrected chi connectivity index (χ0v) is 8.62. The lowest BCUT2D eigenvalue weighted by atomic mass is 10.3. The van der Waals surface area contributed by atoms with E-state index >= 15 is 0 Å². The molecule has 0 aliphatic carbocycles. The van der Waals surface area contributed by atoms with E-state index in [9.17, 15) is 4.21 Å². The van der Waals surface area contributed by atoms with Crippen molar-refractivity contribution in [2.45, 2.75) is 25.8 Å². The molecule has 0 heterocycles. The van der Waals surface area contributed by atoms with Crippen LogP contribution in [0.15, 0.2) is 0 Å². The van der Waals surface area contributed by atoms with E-state index in [0.29, 0.717) is 6.04 Å². The number of hydrogen-bond donors (Lipinski definition) is 1. The Morgan fingerprint density at radius 2 is 2.33 bits per heavy atom. The lowest BCUT2D eigenvalue weighted by molar-refractivity contribution is 0.575. The predicted molar refractivity (Wildman–Crippen MR) is 54.5 cm³/mol. The van der Waals surface area contributed by atoms with Crippen molar-refractivity contribution in [2.24, 2.45) is 0 Å². The first kappa shape index (κ1) is 11.7. The zero-order valence-electron chi connectivity index (χ0n) is 7.80. The first-order chi connectivity index (χ1) is 5.66. The molecule has 0 aliphatic heterocycles. The summed E-state index contributed by atoms with van der Waals surface area (Å²) in [5, 5.41) is 3.26. The quantitative estimate of drug-likeness (QED) is 0.491. The van der Waals surface area contributed by atoms with Crippen molar-refractivity contribution in [2.75, 3.05) is 18.6 Å². The summed E-state index contributed by atoms with van der Waals surface area (Å²) in [7, 11) is -0.706. The summed E-state index contributed by atoms with van der Waals surface area (Å²) in [6.45, 7) is 2.96. The molecule has 0 saturated heterocycles. The van der Waals surface area contributed by atoms with Gasteiger partial charge in [-0.15, -0.1) is 12.3 Å². The van der Waals surface area contributed by atoms with Gasteiger partial charge in [0.25, 0.3) is 0 Å². The topological polar surface area (TPSA) is 29.1 Å². The molecule has 0 aromatic rings. The van der Waals surface area contributed by atoms with E-state index in [1.54, 1.807) is 6.26 Å². The highest BCUT2D eigenvalue weighted by Crippen LogP contribution is 1.88. The summed E-state index contributed by atoms with van der Waals surface area (Å²) in [6.07, 6.45) is 8.63. The minimum absolute atomic E-state index is 0.327. The van der Waals surface area contributed by atoms with Crippen LogP contribution in [-0.4, -0.2) is 28.8 Å². The van der Waals surface area contributed by atoms with Gasteiger partial charge in [0.2, 0.25) is 0 Å². The molecule has 0 saturated carbocycles. The summed E-state index contributed by atoms with van der Waals surface area (Å²) in [4.78, 5) is 0. The minimum Gasteiger partial charge on any atom is -0.313 e. The fraction of sp³-hybridized carbons (Fsp3) is 0.778. The van der Waals surface area contributed by atoms with Crippen LogP contribution in [0, 0.1) is 12.3 Å². The molecule has 0 aromatic heterocycles. The van der Waals surface area contributed by atoms with E-state index in [4.69, 9.17) is 6.42 Å². The first-order valence-electron chi connectivity index (χ1n) is 4.13. The Hall–Kier alpha value is -0.330. The molecule has 2 unspecified atom stereocenters. The van der Waals surface area contributed by atoms with Crippen LogP contribution in [0.5, 0.6) is 0 Å². The van der Waals surface area contributed by atoms with Crippen molar-refractivity contribution in [3.63, 3.8) is 0 Å². The highest BCUT2D eigenvalue weighted by atomic mass is 32.2. The fourth-order valence-corrected chi connectivity index (χ4v) is 1.77. The van der Waals surface area contributed by atoms with E-state index in [1.807, 2.05) is 6.92 Å². The average molecular weight is 187 g/mol. The lowest BCUT2D eigenvalue weighted by Gasteiger charge is -2.10. The van der Waals surface area contributed by atoms with Gasteiger partial charge in [0.1, 0.15) is 0 Å². The molecule has 0 bridgehead atoms. The third-order valence-electron chi connectivity index (χ3n) is 1.48. The van der Waals surface area contributed by atoms with E-state index in [1.165, 1.54) is 0 Å². The minimum atomic E-state index is -0.706. The molecule has 0 fully saturated rings. The Kier molecular flexibility index (Phi) is 7.12. The Bertz CT molecular complexity index is 174. The standard InChI is InChI=1S/C9H17NOS/c1-4-5-6-7-10-9(2)8-12(3)11/h1,9-10H,5-8H2,2-3H3. The van der Waals surface area contributed by atoms with Crippen molar-refractivity contribution in [1.29, 1.82) is 0 Å². The van der Waals surface area contributed by atoms with Gasteiger partial charge in [0.15, 0.2) is 0 Å². The van der Waals surface area contributed by atoms with Crippen LogP contribution >= 0.6 is 0 Å². The van der Waals surface area contributed by atoms with Crippen LogP contribution in [0.4, 0.5) is 0 Å². The molecule has 12 heavy (non-hydrogen) atoms. The smallest absolute Gasteiger partial charge is 0.0383 e. The molecule has 0 aromatic carbocycles. The maximum atomic E-state index is 10.8. The van der Waals surface area contributed by atoms with E-state index in [2.05, 4.69) is 11.2 Å². The summed E-state index contributed by atoms with van der Waals surface area (Å²) >= 11 is 0. The lowest BCUT2D eigenvalue weighted by Crippen LogP contribution is -2.31. The molecule has 0 radical (unpaired) electrons.